The summed E-state index contributed by atoms with van der Waals surface area (Å²) in [5.74, 6) is 1.12. The highest BCUT2D eigenvalue weighted by Crippen LogP contribution is 2.22. The highest BCUT2D eigenvalue weighted by Gasteiger charge is 2.24. The highest BCUT2D eigenvalue weighted by atomic mass is 16.2. The van der Waals surface area contributed by atoms with E-state index in [2.05, 4.69) is 38.2 Å². The van der Waals surface area contributed by atoms with E-state index in [1.54, 1.807) is 0 Å². The molecule has 1 fully saturated rings. The predicted octanol–water partition coefficient (Wildman–Crippen LogP) is 3.83. The summed E-state index contributed by atoms with van der Waals surface area (Å²) in [4.78, 5) is 14.4. The van der Waals surface area contributed by atoms with Crippen molar-refractivity contribution in [2.75, 3.05) is 13.1 Å². The fraction of sp³-hybridized carbons (Fsp3) is 0.588. The minimum absolute atomic E-state index is 0.0828. The highest BCUT2D eigenvalue weighted by molar-refractivity contribution is 5.74. The van der Waals surface area contributed by atoms with Crippen LogP contribution in [0.3, 0.4) is 0 Å². The molecule has 1 unspecified atom stereocenters. The lowest BCUT2D eigenvalue weighted by molar-refractivity contribution is 0.167. The van der Waals surface area contributed by atoms with E-state index in [0.717, 1.165) is 31.8 Å². The van der Waals surface area contributed by atoms with Gasteiger partial charge in [-0.25, -0.2) is 4.79 Å². The lowest BCUT2D eigenvalue weighted by Crippen LogP contribution is -2.46. The number of carbonyl (C=O) groups is 1. The Balaban J connectivity index is 2.00. The third-order valence-corrected chi connectivity index (χ3v) is 4.18. The van der Waals surface area contributed by atoms with Gasteiger partial charge in [0, 0.05) is 13.1 Å². The van der Waals surface area contributed by atoms with E-state index in [-0.39, 0.29) is 12.1 Å². The quantitative estimate of drug-likeness (QED) is 0.892. The number of nitrogens with zero attached hydrogens (tertiary/aromatic N) is 1. The summed E-state index contributed by atoms with van der Waals surface area (Å²) < 4.78 is 0. The topological polar surface area (TPSA) is 32.3 Å². The van der Waals surface area contributed by atoms with Crippen LogP contribution in [0.5, 0.6) is 0 Å². The van der Waals surface area contributed by atoms with Gasteiger partial charge >= 0.3 is 6.03 Å². The number of likely N-dealkylation sites (tertiary alicyclic amines) is 1. The first kappa shape index (κ1) is 14.9. The first-order valence-corrected chi connectivity index (χ1v) is 7.68. The van der Waals surface area contributed by atoms with Crippen molar-refractivity contribution in [3.8, 4) is 0 Å². The Hall–Kier alpha value is -1.51. The molecule has 1 aliphatic heterocycles. The molecule has 3 heteroatoms. The Morgan fingerprint density at radius 2 is 1.80 bits per heavy atom. The summed E-state index contributed by atoms with van der Waals surface area (Å²) in [7, 11) is 0. The van der Waals surface area contributed by atoms with Gasteiger partial charge in [-0.15, -0.1) is 0 Å². The second-order valence-corrected chi connectivity index (χ2v) is 6.25. The Morgan fingerprint density at radius 3 is 2.35 bits per heavy atom. The lowest BCUT2D eigenvalue weighted by Gasteiger charge is -2.33. The molecule has 1 atom stereocenters. The molecule has 0 spiro atoms. The molecule has 0 radical (unpaired) electrons. The zero-order valence-electron chi connectivity index (χ0n) is 12.8. The van der Waals surface area contributed by atoms with Crippen LogP contribution in [0.2, 0.25) is 0 Å². The fourth-order valence-corrected chi connectivity index (χ4v) is 2.73. The van der Waals surface area contributed by atoms with Gasteiger partial charge in [-0.2, -0.15) is 0 Å². The average molecular weight is 274 g/mol. The smallest absolute Gasteiger partial charge is 0.317 e. The second-order valence-electron chi connectivity index (χ2n) is 6.25. The molecule has 0 bridgehead atoms. The van der Waals surface area contributed by atoms with Crippen LogP contribution in [0, 0.1) is 11.8 Å². The van der Waals surface area contributed by atoms with E-state index in [9.17, 15) is 4.79 Å². The number of hydrogen-bond acceptors (Lipinski definition) is 1. The third-order valence-electron chi connectivity index (χ3n) is 4.18. The van der Waals surface area contributed by atoms with Gasteiger partial charge in [0.25, 0.3) is 0 Å². The minimum Gasteiger partial charge on any atom is -0.331 e. The van der Waals surface area contributed by atoms with Gasteiger partial charge < -0.3 is 10.2 Å². The minimum atomic E-state index is 0.0828. The summed E-state index contributed by atoms with van der Waals surface area (Å²) in [6, 6.07) is 10.4. The van der Waals surface area contributed by atoms with Crippen LogP contribution in [-0.4, -0.2) is 24.0 Å². The molecule has 3 nitrogen and oxygen atoms in total. The van der Waals surface area contributed by atoms with E-state index in [0.29, 0.717) is 5.92 Å². The molecule has 1 aromatic rings. The number of amides is 2. The first-order chi connectivity index (χ1) is 9.58. The number of piperidine rings is 1. The Bertz CT molecular complexity index is 422. The molecule has 0 saturated carbocycles. The molecule has 1 saturated heterocycles. The van der Waals surface area contributed by atoms with Crippen molar-refractivity contribution in [3.63, 3.8) is 0 Å². The van der Waals surface area contributed by atoms with Gasteiger partial charge in [0.1, 0.15) is 0 Å². The summed E-state index contributed by atoms with van der Waals surface area (Å²) in [5.41, 5.74) is 1.18. The number of benzene rings is 1. The Labute approximate surface area is 122 Å². The largest absolute Gasteiger partial charge is 0.331 e. The fourth-order valence-electron chi connectivity index (χ4n) is 2.73. The van der Waals surface area contributed by atoms with Gasteiger partial charge in [-0.05, 0) is 30.2 Å². The Kier molecular flexibility index (Phi) is 5.05. The number of hydrogen-bond donors (Lipinski definition) is 1. The molecule has 20 heavy (non-hydrogen) atoms. The summed E-state index contributed by atoms with van der Waals surface area (Å²) in [5, 5.41) is 3.20. The summed E-state index contributed by atoms with van der Waals surface area (Å²) in [6.45, 7) is 8.32. The molecular weight excluding hydrogens is 248 g/mol. The van der Waals surface area contributed by atoms with Gasteiger partial charge in [0.2, 0.25) is 0 Å². The molecule has 1 heterocycles. The van der Waals surface area contributed by atoms with E-state index in [1.165, 1.54) is 5.56 Å². The molecule has 0 aromatic heterocycles. The number of carbonyl (C=O) groups excluding carboxylic acids is 1. The van der Waals surface area contributed by atoms with Gasteiger partial charge in [-0.1, -0.05) is 51.1 Å². The average Bonchev–Trinajstić information content (AvgIpc) is 2.46. The van der Waals surface area contributed by atoms with Crippen LogP contribution < -0.4 is 5.32 Å². The van der Waals surface area contributed by atoms with Gasteiger partial charge in [0.05, 0.1) is 6.04 Å². The maximum absolute atomic E-state index is 12.4. The van der Waals surface area contributed by atoms with Crippen LogP contribution >= 0.6 is 0 Å². The van der Waals surface area contributed by atoms with Crippen molar-refractivity contribution < 1.29 is 4.79 Å². The summed E-state index contributed by atoms with van der Waals surface area (Å²) >= 11 is 0. The van der Waals surface area contributed by atoms with Gasteiger partial charge in [-0.3, -0.25) is 0 Å². The van der Waals surface area contributed by atoms with Crippen LogP contribution in [0.1, 0.15) is 45.2 Å². The zero-order chi connectivity index (χ0) is 14.5. The van der Waals surface area contributed by atoms with E-state index < -0.39 is 0 Å². The number of urea groups is 1. The monoisotopic (exact) mass is 274 g/mol. The predicted molar refractivity (Wildman–Crippen MR) is 82.5 cm³/mol. The molecule has 1 N–H and O–H groups in total. The number of nitrogens with one attached hydrogen (secondary N) is 1. The van der Waals surface area contributed by atoms with Crippen LogP contribution in [0.25, 0.3) is 0 Å². The van der Waals surface area contributed by atoms with Crippen LogP contribution in [0.4, 0.5) is 4.79 Å². The van der Waals surface area contributed by atoms with Crippen molar-refractivity contribution in [1.29, 1.82) is 0 Å². The van der Waals surface area contributed by atoms with E-state index >= 15 is 0 Å². The van der Waals surface area contributed by atoms with Crippen molar-refractivity contribution in [2.45, 2.75) is 39.7 Å². The van der Waals surface area contributed by atoms with Crippen molar-refractivity contribution in [1.82, 2.24) is 10.2 Å². The van der Waals surface area contributed by atoms with Crippen LogP contribution in [-0.2, 0) is 0 Å². The Morgan fingerprint density at radius 1 is 1.20 bits per heavy atom. The molecular formula is C17H26N2O. The van der Waals surface area contributed by atoms with E-state index in [4.69, 9.17) is 0 Å². The molecule has 1 aromatic carbocycles. The zero-order valence-corrected chi connectivity index (χ0v) is 12.8. The second kappa shape index (κ2) is 6.78. The SMILES string of the molecule is CC1CCN(C(=O)NC(c2ccccc2)C(C)C)CC1. The molecule has 110 valence electrons. The van der Waals surface area contributed by atoms with Crippen LogP contribution in [0.15, 0.2) is 30.3 Å². The molecule has 2 rings (SSSR count). The van der Waals surface area contributed by atoms with Crippen molar-refractivity contribution in [3.05, 3.63) is 35.9 Å². The maximum atomic E-state index is 12.4. The van der Waals surface area contributed by atoms with Crippen molar-refractivity contribution in [2.24, 2.45) is 11.8 Å². The number of rotatable bonds is 3. The van der Waals surface area contributed by atoms with Gasteiger partial charge in [0.15, 0.2) is 0 Å². The molecule has 0 aliphatic carbocycles. The summed E-state index contributed by atoms with van der Waals surface area (Å²) in [6.07, 6.45) is 2.23. The standard InChI is InChI=1S/C17H26N2O/c1-13(2)16(15-7-5-4-6-8-15)18-17(20)19-11-9-14(3)10-12-19/h4-8,13-14,16H,9-12H2,1-3H3,(H,18,20). The first-order valence-electron chi connectivity index (χ1n) is 7.68. The van der Waals surface area contributed by atoms with E-state index in [1.807, 2.05) is 23.1 Å². The lowest BCUT2D eigenvalue weighted by atomic mass is 9.96. The normalized spacial score (nSPS) is 18.1. The van der Waals surface area contributed by atoms with Crippen molar-refractivity contribution >= 4 is 6.03 Å². The maximum Gasteiger partial charge on any atom is 0.317 e. The molecule has 1 aliphatic rings. The molecule has 2 amide bonds. The third kappa shape index (κ3) is 3.75.